The van der Waals surface area contributed by atoms with Gasteiger partial charge in [-0.05, 0) is 17.7 Å². The second-order valence-electron chi connectivity index (χ2n) is 7.80. The molecule has 1 aromatic carbocycles. The number of urea groups is 1. The highest BCUT2D eigenvalue weighted by atomic mass is 19.1. The average Bonchev–Trinajstić information content (AvgIpc) is 3.40. The summed E-state index contributed by atoms with van der Waals surface area (Å²) in [6.07, 6.45) is 4.13. The van der Waals surface area contributed by atoms with Crippen LogP contribution in [-0.2, 0) is 7.05 Å². The van der Waals surface area contributed by atoms with Crippen LogP contribution in [0.15, 0.2) is 41.8 Å². The van der Waals surface area contributed by atoms with Crippen molar-refractivity contribution in [1.82, 2.24) is 29.9 Å². The number of nitrogens with zero attached hydrogens (tertiary/aromatic N) is 7. The summed E-state index contributed by atoms with van der Waals surface area (Å²) in [6.45, 7) is 0.411. The van der Waals surface area contributed by atoms with Crippen molar-refractivity contribution in [3.05, 3.63) is 59.7 Å². The Bertz CT molecular complexity index is 1220. The molecular formula is C21H18F3N7O2. The Labute approximate surface area is 186 Å². The van der Waals surface area contributed by atoms with Gasteiger partial charge in [0, 0.05) is 31.8 Å². The molecule has 3 aromatic rings. The molecule has 170 valence electrons. The fraction of sp³-hybridized carbons (Fsp3) is 0.286. The summed E-state index contributed by atoms with van der Waals surface area (Å²) in [5.74, 6) is -2.08. The van der Waals surface area contributed by atoms with Gasteiger partial charge >= 0.3 is 6.03 Å². The van der Waals surface area contributed by atoms with E-state index in [2.05, 4.69) is 20.4 Å². The molecule has 0 saturated carbocycles. The van der Waals surface area contributed by atoms with Crippen molar-refractivity contribution in [2.45, 2.75) is 18.6 Å². The van der Waals surface area contributed by atoms with Crippen molar-refractivity contribution in [3.63, 3.8) is 0 Å². The number of hydrazone groups is 1. The normalized spacial score (nSPS) is 18.0. The van der Waals surface area contributed by atoms with Crippen LogP contribution in [0, 0.1) is 17.5 Å². The number of benzene rings is 1. The fourth-order valence-electron chi connectivity index (χ4n) is 3.75. The highest BCUT2D eigenvalue weighted by Gasteiger charge is 2.39. The van der Waals surface area contributed by atoms with Crippen LogP contribution in [0.2, 0.25) is 0 Å². The lowest BCUT2D eigenvalue weighted by Gasteiger charge is -2.41. The Morgan fingerprint density at radius 2 is 1.85 bits per heavy atom. The van der Waals surface area contributed by atoms with Gasteiger partial charge in [0.2, 0.25) is 0 Å². The highest BCUT2D eigenvalue weighted by molar-refractivity contribution is 5.79. The molecule has 5 rings (SSSR count). The van der Waals surface area contributed by atoms with Crippen molar-refractivity contribution in [3.8, 4) is 17.1 Å². The van der Waals surface area contributed by atoms with Crippen molar-refractivity contribution in [1.29, 1.82) is 0 Å². The molecule has 0 aliphatic carbocycles. The number of amides is 2. The van der Waals surface area contributed by atoms with Gasteiger partial charge in [0.05, 0.1) is 37.2 Å². The fourth-order valence-corrected chi connectivity index (χ4v) is 3.75. The van der Waals surface area contributed by atoms with E-state index in [9.17, 15) is 18.0 Å². The minimum Gasteiger partial charge on any atom is -0.483 e. The Hall–Kier alpha value is -3.96. The Morgan fingerprint density at radius 1 is 1.09 bits per heavy atom. The SMILES string of the molecule is Cn1cc(-c2cc(OC3CN(C(=O)N4N=CCC4c4cc(F)cc(F)c4)C3)c(F)cn2)nn1. The molecule has 33 heavy (non-hydrogen) atoms. The first-order valence-corrected chi connectivity index (χ1v) is 10.1. The summed E-state index contributed by atoms with van der Waals surface area (Å²) in [6, 6.07) is 3.56. The summed E-state index contributed by atoms with van der Waals surface area (Å²) in [4.78, 5) is 18.4. The van der Waals surface area contributed by atoms with Crippen LogP contribution in [0.4, 0.5) is 18.0 Å². The predicted octanol–water partition coefficient (Wildman–Crippen LogP) is 2.91. The summed E-state index contributed by atoms with van der Waals surface area (Å²) < 4.78 is 48.7. The van der Waals surface area contributed by atoms with Gasteiger partial charge in [-0.3, -0.25) is 9.67 Å². The van der Waals surface area contributed by atoms with E-state index in [0.29, 0.717) is 23.4 Å². The molecule has 0 radical (unpaired) electrons. The maximum absolute atomic E-state index is 14.2. The third-order valence-corrected chi connectivity index (χ3v) is 5.39. The number of rotatable bonds is 4. The topological polar surface area (TPSA) is 88.7 Å². The molecule has 2 aliphatic heterocycles. The molecule has 1 saturated heterocycles. The third kappa shape index (κ3) is 4.11. The summed E-state index contributed by atoms with van der Waals surface area (Å²) in [5.41, 5.74) is 1.20. The molecule has 0 bridgehead atoms. The van der Waals surface area contributed by atoms with E-state index in [1.807, 2.05) is 0 Å². The quantitative estimate of drug-likeness (QED) is 0.601. The minimum atomic E-state index is -0.720. The standard InChI is InChI=1S/C21H18F3N7O2/c1-29-11-18(27-28-29)17-7-20(16(24)8-25-17)33-15-9-30(10-15)21(32)31-19(2-3-26-31)12-4-13(22)6-14(23)5-12/h3-8,11,15,19H,2,9-10H2,1H3. The van der Waals surface area contributed by atoms with E-state index in [1.165, 1.54) is 39.0 Å². The lowest BCUT2D eigenvalue weighted by atomic mass is 10.0. The van der Waals surface area contributed by atoms with Gasteiger partial charge < -0.3 is 9.64 Å². The van der Waals surface area contributed by atoms with Crippen LogP contribution < -0.4 is 4.74 Å². The second kappa shape index (κ2) is 8.19. The number of likely N-dealkylation sites (tertiary alicyclic amines) is 1. The molecule has 4 heterocycles. The number of halogens is 3. The van der Waals surface area contributed by atoms with Gasteiger partial charge in [-0.1, -0.05) is 5.21 Å². The summed E-state index contributed by atoms with van der Waals surface area (Å²) in [5, 5.41) is 13.0. The number of hydrogen-bond acceptors (Lipinski definition) is 6. The predicted molar refractivity (Wildman–Crippen MR) is 110 cm³/mol. The van der Waals surface area contributed by atoms with Crippen molar-refractivity contribution in [2.75, 3.05) is 13.1 Å². The third-order valence-electron chi connectivity index (χ3n) is 5.39. The van der Waals surface area contributed by atoms with Crippen LogP contribution in [-0.4, -0.2) is 61.3 Å². The maximum Gasteiger partial charge on any atom is 0.341 e. The number of aromatic nitrogens is 4. The molecule has 1 fully saturated rings. The van der Waals surface area contributed by atoms with Crippen LogP contribution in [0.1, 0.15) is 18.0 Å². The first-order valence-electron chi connectivity index (χ1n) is 10.1. The van der Waals surface area contributed by atoms with E-state index in [-0.39, 0.29) is 18.8 Å². The van der Waals surface area contributed by atoms with E-state index >= 15 is 0 Å². The van der Waals surface area contributed by atoms with Crippen LogP contribution in [0.5, 0.6) is 5.75 Å². The van der Waals surface area contributed by atoms with Crippen molar-refractivity contribution < 1.29 is 22.7 Å². The van der Waals surface area contributed by atoms with Gasteiger partial charge in [0.15, 0.2) is 11.6 Å². The first kappa shape index (κ1) is 20.9. The van der Waals surface area contributed by atoms with Gasteiger partial charge in [-0.2, -0.15) is 5.10 Å². The lowest BCUT2D eigenvalue weighted by molar-refractivity contribution is 0.0256. The molecular weight excluding hydrogens is 439 g/mol. The molecule has 2 amide bonds. The Morgan fingerprint density at radius 3 is 2.55 bits per heavy atom. The molecule has 1 atom stereocenters. The summed E-state index contributed by atoms with van der Waals surface area (Å²) >= 11 is 0. The number of ether oxygens (including phenoxy) is 1. The number of pyridine rings is 1. The number of carbonyl (C=O) groups excluding carboxylic acids is 1. The summed E-state index contributed by atoms with van der Waals surface area (Å²) in [7, 11) is 1.71. The van der Waals surface area contributed by atoms with E-state index in [0.717, 1.165) is 12.3 Å². The highest BCUT2D eigenvalue weighted by Crippen LogP contribution is 2.32. The smallest absolute Gasteiger partial charge is 0.341 e. The Kier molecular flexibility index (Phi) is 5.19. The van der Waals surface area contributed by atoms with E-state index < -0.39 is 35.6 Å². The van der Waals surface area contributed by atoms with Gasteiger partial charge in [-0.25, -0.2) is 23.0 Å². The van der Waals surface area contributed by atoms with Gasteiger partial charge in [0.1, 0.15) is 23.4 Å². The monoisotopic (exact) mass is 457 g/mol. The van der Waals surface area contributed by atoms with E-state index in [4.69, 9.17) is 4.74 Å². The van der Waals surface area contributed by atoms with Crippen LogP contribution in [0.3, 0.4) is 0 Å². The number of aryl methyl sites for hydroxylation is 1. The minimum absolute atomic E-state index is 0.00458. The Balaban J connectivity index is 1.23. The molecule has 1 unspecified atom stereocenters. The largest absolute Gasteiger partial charge is 0.483 e. The van der Waals surface area contributed by atoms with Gasteiger partial charge in [-0.15, -0.1) is 5.10 Å². The lowest BCUT2D eigenvalue weighted by Crippen LogP contribution is -2.58. The van der Waals surface area contributed by atoms with Crippen molar-refractivity contribution >= 4 is 12.2 Å². The van der Waals surface area contributed by atoms with Crippen LogP contribution >= 0.6 is 0 Å². The molecule has 0 spiro atoms. The molecule has 2 aliphatic rings. The zero-order valence-corrected chi connectivity index (χ0v) is 17.4. The average molecular weight is 457 g/mol. The van der Waals surface area contributed by atoms with Crippen molar-refractivity contribution in [2.24, 2.45) is 12.1 Å². The van der Waals surface area contributed by atoms with Gasteiger partial charge in [0.25, 0.3) is 0 Å². The van der Waals surface area contributed by atoms with E-state index in [1.54, 1.807) is 13.2 Å². The first-order chi connectivity index (χ1) is 15.9. The molecule has 9 nitrogen and oxygen atoms in total. The zero-order chi connectivity index (χ0) is 23.1. The zero-order valence-electron chi connectivity index (χ0n) is 17.4. The molecule has 12 heteroatoms. The number of hydrogen-bond donors (Lipinski definition) is 0. The maximum atomic E-state index is 14.2. The number of carbonyl (C=O) groups is 1. The van der Waals surface area contributed by atoms with Crippen LogP contribution in [0.25, 0.3) is 11.4 Å². The molecule has 0 N–H and O–H groups in total. The second-order valence-corrected chi connectivity index (χ2v) is 7.80. The molecule has 2 aromatic heterocycles.